The van der Waals surface area contributed by atoms with Gasteiger partial charge in [0, 0.05) is 48.9 Å². The monoisotopic (exact) mass is 426 g/mol. The standard InChI is InChI=1S/C22H26N4O3S/c1-14(2)26-13-23-19-18(15(3)30-20(19)22(26)28)21(27)25-10-8-24(9-11-25)16-6-5-7-17(12-16)29-4/h5-7,12-14H,8-11H2,1-4H3. The lowest BCUT2D eigenvalue weighted by molar-refractivity contribution is 0.0748. The molecule has 1 aliphatic heterocycles. The summed E-state index contributed by atoms with van der Waals surface area (Å²) in [4.78, 5) is 35.5. The van der Waals surface area contributed by atoms with Gasteiger partial charge in [0.25, 0.3) is 11.5 Å². The maximum absolute atomic E-state index is 13.3. The van der Waals surface area contributed by atoms with Gasteiger partial charge in [-0.1, -0.05) is 6.07 Å². The molecule has 0 radical (unpaired) electrons. The van der Waals surface area contributed by atoms with Crippen molar-refractivity contribution in [3.8, 4) is 5.75 Å². The summed E-state index contributed by atoms with van der Waals surface area (Å²) in [5, 5.41) is 0. The van der Waals surface area contributed by atoms with Gasteiger partial charge >= 0.3 is 0 Å². The molecule has 3 aromatic rings. The van der Waals surface area contributed by atoms with E-state index in [1.807, 2.05) is 43.9 Å². The molecule has 1 aliphatic rings. The number of carbonyl (C=O) groups is 1. The third-order valence-electron chi connectivity index (χ3n) is 5.55. The predicted octanol–water partition coefficient (Wildman–Crippen LogP) is 3.32. The van der Waals surface area contributed by atoms with E-state index >= 15 is 0 Å². The topological polar surface area (TPSA) is 67.7 Å². The number of amides is 1. The Morgan fingerprint density at radius 1 is 1.20 bits per heavy atom. The van der Waals surface area contributed by atoms with E-state index in [0.717, 1.165) is 29.4 Å². The first-order valence-electron chi connectivity index (χ1n) is 10.1. The van der Waals surface area contributed by atoms with Gasteiger partial charge in [0.1, 0.15) is 16.0 Å². The molecule has 4 rings (SSSR count). The quantitative estimate of drug-likeness (QED) is 0.640. The molecule has 0 atom stereocenters. The minimum absolute atomic E-state index is 0.0284. The van der Waals surface area contributed by atoms with Crippen LogP contribution in [0.25, 0.3) is 10.2 Å². The Kier molecular flexibility index (Phi) is 5.51. The minimum Gasteiger partial charge on any atom is -0.497 e. The molecular formula is C22H26N4O3S. The second-order valence-electron chi connectivity index (χ2n) is 7.74. The number of anilines is 1. The average molecular weight is 427 g/mol. The Hall–Kier alpha value is -2.87. The van der Waals surface area contributed by atoms with Crippen LogP contribution in [0.1, 0.15) is 35.1 Å². The summed E-state index contributed by atoms with van der Waals surface area (Å²) in [5.41, 5.74) is 2.11. The molecule has 1 fully saturated rings. The normalized spacial score (nSPS) is 14.6. The van der Waals surface area contributed by atoms with Crippen LogP contribution in [0.2, 0.25) is 0 Å². The number of thiophene rings is 1. The first-order chi connectivity index (χ1) is 14.4. The summed E-state index contributed by atoms with van der Waals surface area (Å²) in [5.74, 6) is 0.780. The van der Waals surface area contributed by atoms with Crippen LogP contribution in [-0.4, -0.2) is 53.6 Å². The van der Waals surface area contributed by atoms with E-state index in [2.05, 4.69) is 16.0 Å². The molecule has 0 N–H and O–H groups in total. The summed E-state index contributed by atoms with van der Waals surface area (Å²) in [7, 11) is 1.66. The second-order valence-corrected chi connectivity index (χ2v) is 8.97. The van der Waals surface area contributed by atoms with Gasteiger partial charge in [-0.15, -0.1) is 11.3 Å². The van der Waals surface area contributed by atoms with Crippen LogP contribution in [0.15, 0.2) is 35.4 Å². The molecule has 158 valence electrons. The van der Waals surface area contributed by atoms with Gasteiger partial charge < -0.3 is 14.5 Å². The fraction of sp³-hybridized carbons (Fsp3) is 0.409. The number of aromatic nitrogens is 2. The van der Waals surface area contributed by atoms with Crippen molar-refractivity contribution in [2.45, 2.75) is 26.8 Å². The molecule has 1 aromatic carbocycles. The molecule has 30 heavy (non-hydrogen) atoms. The summed E-state index contributed by atoms with van der Waals surface area (Å²) >= 11 is 1.36. The Morgan fingerprint density at radius 3 is 2.60 bits per heavy atom. The molecule has 0 unspecified atom stereocenters. The van der Waals surface area contributed by atoms with Crippen LogP contribution < -0.4 is 15.2 Å². The third kappa shape index (κ3) is 3.56. The second kappa shape index (κ2) is 8.10. The highest BCUT2D eigenvalue weighted by Gasteiger charge is 2.27. The summed E-state index contributed by atoms with van der Waals surface area (Å²) in [6, 6.07) is 7.99. The highest BCUT2D eigenvalue weighted by Crippen LogP contribution is 2.29. The van der Waals surface area contributed by atoms with Crippen LogP contribution in [0, 0.1) is 6.92 Å². The van der Waals surface area contributed by atoms with Crippen molar-refractivity contribution >= 4 is 33.1 Å². The van der Waals surface area contributed by atoms with E-state index in [0.29, 0.717) is 28.9 Å². The molecule has 3 heterocycles. The van der Waals surface area contributed by atoms with E-state index in [4.69, 9.17) is 4.74 Å². The Morgan fingerprint density at radius 2 is 1.93 bits per heavy atom. The highest BCUT2D eigenvalue weighted by molar-refractivity contribution is 7.19. The zero-order valence-corrected chi connectivity index (χ0v) is 18.5. The van der Waals surface area contributed by atoms with Crippen molar-refractivity contribution in [1.29, 1.82) is 0 Å². The number of aryl methyl sites for hydroxylation is 1. The van der Waals surface area contributed by atoms with E-state index in [-0.39, 0.29) is 17.5 Å². The van der Waals surface area contributed by atoms with Crippen molar-refractivity contribution in [3.05, 3.63) is 51.4 Å². The van der Waals surface area contributed by atoms with Gasteiger partial charge in [-0.3, -0.25) is 14.2 Å². The number of rotatable bonds is 4. The van der Waals surface area contributed by atoms with Gasteiger partial charge in [0.15, 0.2) is 0 Å². The fourth-order valence-electron chi connectivity index (χ4n) is 3.84. The summed E-state index contributed by atoms with van der Waals surface area (Å²) in [6.45, 7) is 8.52. The van der Waals surface area contributed by atoms with Crippen molar-refractivity contribution in [2.75, 3.05) is 38.2 Å². The Bertz CT molecular complexity index is 1140. The van der Waals surface area contributed by atoms with Crippen molar-refractivity contribution < 1.29 is 9.53 Å². The molecule has 0 spiro atoms. The molecule has 1 amide bonds. The summed E-state index contributed by atoms with van der Waals surface area (Å²) < 4.78 is 7.48. The smallest absolute Gasteiger partial charge is 0.271 e. The number of benzene rings is 1. The fourth-order valence-corrected chi connectivity index (χ4v) is 4.88. The SMILES string of the molecule is COc1cccc(N2CCN(C(=O)c3c(C)sc4c(=O)n(C(C)C)cnc34)CC2)c1. The number of carbonyl (C=O) groups excluding carboxylic acids is 1. The number of fused-ring (bicyclic) bond motifs is 1. The number of hydrogen-bond acceptors (Lipinski definition) is 6. The van der Waals surface area contributed by atoms with Crippen LogP contribution >= 0.6 is 11.3 Å². The predicted molar refractivity (Wildman–Crippen MR) is 120 cm³/mol. The molecule has 0 saturated carbocycles. The van der Waals surface area contributed by atoms with Crippen LogP contribution in [0.3, 0.4) is 0 Å². The largest absolute Gasteiger partial charge is 0.497 e. The lowest BCUT2D eigenvalue weighted by Crippen LogP contribution is -2.48. The van der Waals surface area contributed by atoms with Gasteiger partial charge in [0.05, 0.1) is 19.0 Å². The van der Waals surface area contributed by atoms with Crippen molar-refractivity contribution in [3.63, 3.8) is 0 Å². The van der Waals surface area contributed by atoms with E-state index in [9.17, 15) is 9.59 Å². The zero-order chi connectivity index (χ0) is 21.4. The molecule has 8 heteroatoms. The van der Waals surface area contributed by atoms with E-state index in [1.54, 1.807) is 18.0 Å². The number of piperazine rings is 1. The molecule has 0 bridgehead atoms. The van der Waals surface area contributed by atoms with E-state index in [1.165, 1.54) is 11.3 Å². The van der Waals surface area contributed by atoms with Gasteiger partial charge in [0.2, 0.25) is 0 Å². The third-order valence-corrected chi connectivity index (χ3v) is 6.64. The molecular weight excluding hydrogens is 400 g/mol. The molecule has 2 aromatic heterocycles. The van der Waals surface area contributed by atoms with Crippen LogP contribution in [-0.2, 0) is 0 Å². The van der Waals surface area contributed by atoms with Gasteiger partial charge in [-0.2, -0.15) is 0 Å². The van der Waals surface area contributed by atoms with Crippen molar-refractivity contribution in [1.82, 2.24) is 14.5 Å². The number of ether oxygens (including phenoxy) is 1. The Balaban J connectivity index is 1.56. The van der Waals surface area contributed by atoms with Crippen molar-refractivity contribution in [2.24, 2.45) is 0 Å². The number of nitrogens with zero attached hydrogens (tertiary/aromatic N) is 4. The maximum atomic E-state index is 13.3. The molecule has 0 aliphatic carbocycles. The Labute approximate surface area is 179 Å². The molecule has 7 nitrogen and oxygen atoms in total. The summed E-state index contributed by atoms with van der Waals surface area (Å²) in [6.07, 6.45) is 1.55. The van der Waals surface area contributed by atoms with Gasteiger partial charge in [-0.25, -0.2) is 4.98 Å². The van der Waals surface area contributed by atoms with Crippen LogP contribution in [0.5, 0.6) is 5.75 Å². The lowest BCUT2D eigenvalue weighted by Gasteiger charge is -2.36. The molecule has 1 saturated heterocycles. The van der Waals surface area contributed by atoms with E-state index < -0.39 is 0 Å². The highest BCUT2D eigenvalue weighted by atomic mass is 32.1. The lowest BCUT2D eigenvalue weighted by atomic mass is 10.1. The number of methoxy groups -OCH3 is 1. The number of hydrogen-bond donors (Lipinski definition) is 0. The first-order valence-corrected chi connectivity index (χ1v) is 10.9. The first kappa shape index (κ1) is 20.4. The zero-order valence-electron chi connectivity index (χ0n) is 17.7. The van der Waals surface area contributed by atoms with Crippen LogP contribution in [0.4, 0.5) is 5.69 Å². The van der Waals surface area contributed by atoms with Gasteiger partial charge in [-0.05, 0) is 32.9 Å². The average Bonchev–Trinajstić information content (AvgIpc) is 3.10. The minimum atomic E-state index is -0.0787. The maximum Gasteiger partial charge on any atom is 0.271 e.